The molecule has 3 heterocycles. The number of hydrogen-bond donors (Lipinski definition) is 2. The van der Waals surface area contributed by atoms with Crippen LogP contribution in [0.4, 0.5) is 0 Å². The SMILES string of the molecule is O=C1CO[C@H](C(=O)NCc2coc(-c3ccccc3)n2)[C@@H](c2cccnc2)N1. The number of rotatable bonds is 5. The van der Waals surface area contributed by atoms with Crippen molar-refractivity contribution in [2.75, 3.05) is 6.61 Å². The van der Waals surface area contributed by atoms with Gasteiger partial charge in [0.15, 0.2) is 6.10 Å². The number of benzene rings is 1. The van der Waals surface area contributed by atoms with Crippen LogP contribution in [-0.2, 0) is 20.9 Å². The van der Waals surface area contributed by atoms with E-state index in [9.17, 15) is 9.59 Å². The quantitative estimate of drug-likeness (QED) is 0.699. The van der Waals surface area contributed by atoms with Crippen molar-refractivity contribution in [2.45, 2.75) is 18.7 Å². The number of pyridine rings is 1. The number of morpholine rings is 1. The average molecular weight is 378 g/mol. The highest BCUT2D eigenvalue weighted by Gasteiger charge is 2.36. The summed E-state index contributed by atoms with van der Waals surface area (Å²) >= 11 is 0. The zero-order valence-corrected chi connectivity index (χ0v) is 14.9. The molecule has 2 atom stereocenters. The summed E-state index contributed by atoms with van der Waals surface area (Å²) in [5.74, 6) is -0.140. The van der Waals surface area contributed by atoms with Crippen LogP contribution >= 0.6 is 0 Å². The lowest BCUT2D eigenvalue weighted by Gasteiger charge is -2.31. The van der Waals surface area contributed by atoms with E-state index < -0.39 is 12.1 Å². The highest BCUT2D eigenvalue weighted by atomic mass is 16.5. The number of carbonyl (C=O) groups excluding carboxylic acids is 2. The predicted molar refractivity (Wildman–Crippen MR) is 98.6 cm³/mol. The minimum absolute atomic E-state index is 0.170. The number of nitrogens with one attached hydrogen (secondary N) is 2. The van der Waals surface area contributed by atoms with Crippen molar-refractivity contribution in [3.63, 3.8) is 0 Å². The first-order chi connectivity index (χ1) is 13.7. The van der Waals surface area contributed by atoms with E-state index in [-0.39, 0.29) is 25.0 Å². The third kappa shape index (κ3) is 3.91. The van der Waals surface area contributed by atoms with Gasteiger partial charge in [0.25, 0.3) is 5.91 Å². The van der Waals surface area contributed by atoms with Crippen molar-refractivity contribution < 1.29 is 18.7 Å². The van der Waals surface area contributed by atoms with E-state index in [1.807, 2.05) is 30.3 Å². The first-order valence-corrected chi connectivity index (χ1v) is 8.79. The van der Waals surface area contributed by atoms with Crippen LogP contribution in [0, 0.1) is 0 Å². The number of carbonyl (C=O) groups is 2. The number of nitrogens with zero attached hydrogens (tertiary/aromatic N) is 2. The Bertz CT molecular complexity index is 959. The zero-order valence-electron chi connectivity index (χ0n) is 14.9. The Morgan fingerprint density at radius 3 is 2.86 bits per heavy atom. The molecule has 1 saturated heterocycles. The molecule has 8 nitrogen and oxygen atoms in total. The molecule has 1 aromatic carbocycles. The Balaban J connectivity index is 1.43. The molecular formula is C20H18N4O4. The molecule has 142 valence electrons. The minimum atomic E-state index is -0.859. The van der Waals surface area contributed by atoms with E-state index in [0.29, 0.717) is 17.1 Å². The van der Waals surface area contributed by atoms with Crippen LogP contribution < -0.4 is 10.6 Å². The third-order valence-corrected chi connectivity index (χ3v) is 4.33. The molecule has 1 aliphatic heterocycles. The topological polar surface area (TPSA) is 106 Å². The van der Waals surface area contributed by atoms with Crippen molar-refractivity contribution in [1.82, 2.24) is 20.6 Å². The second kappa shape index (κ2) is 8.01. The van der Waals surface area contributed by atoms with Gasteiger partial charge in [-0.25, -0.2) is 4.98 Å². The summed E-state index contributed by atoms with van der Waals surface area (Å²) in [6.07, 6.45) is 3.87. The van der Waals surface area contributed by atoms with Crippen LogP contribution in [0.5, 0.6) is 0 Å². The summed E-state index contributed by atoms with van der Waals surface area (Å²) in [7, 11) is 0. The van der Waals surface area contributed by atoms with Crippen molar-refractivity contribution in [3.8, 4) is 11.5 Å². The second-order valence-electron chi connectivity index (χ2n) is 6.29. The fourth-order valence-electron chi connectivity index (χ4n) is 2.98. The molecule has 0 bridgehead atoms. The standard InChI is InChI=1S/C20H18N4O4/c25-16-12-27-18(17(24-16)14-7-4-8-21-9-14)19(26)22-10-15-11-28-20(23-15)13-5-2-1-3-6-13/h1-9,11,17-18H,10,12H2,(H,22,26)(H,24,25)/t17-,18+/m1/s1. The third-order valence-electron chi connectivity index (χ3n) is 4.33. The van der Waals surface area contributed by atoms with E-state index in [1.54, 1.807) is 24.5 Å². The molecular weight excluding hydrogens is 360 g/mol. The van der Waals surface area contributed by atoms with E-state index in [4.69, 9.17) is 9.15 Å². The fraction of sp³-hybridized carbons (Fsp3) is 0.200. The van der Waals surface area contributed by atoms with Crippen LogP contribution in [0.2, 0.25) is 0 Å². The average Bonchev–Trinajstić information content (AvgIpc) is 3.22. The molecule has 0 saturated carbocycles. The van der Waals surface area contributed by atoms with Gasteiger partial charge in [0, 0.05) is 18.0 Å². The van der Waals surface area contributed by atoms with Crippen LogP contribution in [0.15, 0.2) is 65.5 Å². The smallest absolute Gasteiger partial charge is 0.251 e. The lowest BCUT2D eigenvalue weighted by atomic mass is 10.0. The van der Waals surface area contributed by atoms with E-state index in [0.717, 1.165) is 5.56 Å². The van der Waals surface area contributed by atoms with Crippen molar-refractivity contribution in [3.05, 3.63) is 72.4 Å². The maximum absolute atomic E-state index is 12.7. The molecule has 0 aliphatic carbocycles. The first-order valence-electron chi connectivity index (χ1n) is 8.79. The molecule has 3 aromatic rings. The number of hydrogen-bond acceptors (Lipinski definition) is 6. The molecule has 0 spiro atoms. The minimum Gasteiger partial charge on any atom is -0.444 e. The zero-order chi connectivity index (χ0) is 19.3. The van der Waals surface area contributed by atoms with Gasteiger partial charge in [0.05, 0.1) is 18.3 Å². The maximum atomic E-state index is 12.7. The van der Waals surface area contributed by atoms with Crippen molar-refractivity contribution in [1.29, 1.82) is 0 Å². The Morgan fingerprint density at radius 1 is 1.21 bits per heavy atom. The highest BCUT2D eigenvalue weighted by Crippen LogP contribution is 2.22. The van der Waals surface area contributed by atoms with Crippen LogP contribution in [0.25, 0.3) is 11.5 Å². The molecule has 1 fully saturated rings. The number of oxazole rings is 1. The van der Waals surface area contributed by atoms with Gasteiger partial charge >= 0.3 is 0 Å². The molecule has 0 unspecified atom stereocenters. The van der Waals surface area contributed by atoms with Gasteiger partial charge in [-0.1, -0.05) is 24.3 Å². The molecule has 0 radical (unpaired) electrons. The fourth-order valence-corrected chi connectivity index (χ4v) is 2.98. The number of amides is 2. The summed E-state index contributed by atoms with van der Waals surface area (Å²) in [4.78, 5) is 32.8. The highest BCUT2D eigenvalue weighted by molar-refractivity contribution is 5.86. The second-order valence-corrected chi connectivity index (χ2v) is 6.29. The summed E-state index contributed by atoms with van der Waals surface area (Å²) in [6, 6.07) is 12.4. The molecule has 2 aromatic heterocycles. The predicted octanol–water partition coefficient (Wildman–Crippen LogP) is 1.61. The normalized spacial score (nSPS) is 19.1. The van der Waals surface area contributed by atoms with Gasteiger partial charge in [-0.2, -0.15) is 0 Å². The van der Waals surface area contributed by atoms with Crippen LogP contribution in [-0.4, -0.2) is 34.5 Å². The van der Waals surface area contributed by atoms with Gasteiger partial charge < -0.3 is 19.8 Å². The Morgan fingerprint density at radius 2 is 2.07 bits per heavy atom. The molecule has 4 rings (SSSR count). The van der Waals surface area contributed by atoms with E-state index >= 15 is 0 Å². The first kappa shape index (κ1) is 17.9. The Kier molecular flexibility index (Phi) is 5.11. The molecule has 2 amide bonds. The lowest BCUT2D eigenvalue weighted by Crippen LogP contribution is -2.52. The number of ether oxygens (including phenoxy) is 1. The van der Waals surface area contributed by atoms with Crippen molar-refractivity contribution >= 4 is 11.8 Å². The maximum Gasteiger partial charge on any atom is 0.251 e. The largest absolute Gasteiger partial charge is 0.444 e. The Hall–Kier alpha value is -3.52. The van der Waals surface area contributed by atoms with Crippen LogP contribution in [0.3, 0.4) is 0 Å². The van der Waals surface area contributed by atoms with Gasteiger partial charge in [-0.3, -0.25) is 14.6 Å². The van der Waals surface area contributed by atoms with E-state index in [1.165, 1.54) is 6.26 Å². The van der Waals surface area contributed by atoms with Crippen molar-refractivity contribution in [2.24, 2.45) is 0 Å². The lowest BCUT2D eigenvalue weighted by molar-refractivity contribution is -0.148. The van der Waals surface area contributed by atoms with Gasteiger partial charge in [0.1, 0.15) is 12.9 Å². The summed E-state index contributed by atoms with van der Waals surface area (Å²) in [6.45, 7) is 0.0136. The summed E-state index contributed by atoms with van der Waals surface area (Å²) < 4.78 is 11.0. The monoisotopic (exact) mass is 378 g/mol. The number of aromatic nitrogens is 2. The molecule has 28 heavy (non-hydrogen) atoms. The molecule has 1 aliphatic rings. The van der Waals surface area contributed by atoms with Crippen LogP contribution in [0.1, 0.15) is 17.3 Å². The van der Waals surface area contributed by atoms with Gasteiger partial charge in [-0.05, 0) is 23.8 Å². The summed E-state index contributed by atoms with van der Waals surface area (Å²) in [5.41, 5.74) is 2.14. The molecule has 2 N–H and O–H groups in total. The Labute approximate surface area is 160 Å². The van der Waals surface area contributed by atoms with Gasteiger partial charge in [-0.15, -0.1) is 0 Å². The van der Waals surface area contributed by atoms with E-state index in [2.05, 4.69) is 20.6 Å². The molecule has 8 heteroatoms. The summed E-state index contributed by atoms with van der Waals surface area (Å²) in [5, 5.41) is 5.58. The van der Waals surface area contributed by atoms with Gasteiger partial charge in [0.2, 0.25) is 11.8 Å².